The number of benzene rings is 1. The minimum atomic E-state index is -0.00571. The summed E-state index contributed by atoms with van der Waals surface area (Å²) in [5, 5.41) is 7.34. The van der Waals surface area contributed by atoms with Crippen LogP contribution >= 0.6 is 0 Å². The van der Waals surface area contributed by atoms with Gasteiger partial charge in [0, 0.05) is 19.6 Å². The molecule has 0 aliphatic rings. The lowest BCUT2D eigenvalue weighted by Crippen LogP contribution is -2.37. The highest BCUT2D eigenvalue weighted by Crippen LogP contribution is 2.18. The molecule has 124 valence electrons. The van der Waals surface area contributed by atoms with Crippen molar-refractivity contribution in [3.8, 4) is 0 Å². The summed E-state index contributed by atoms with van der Waals surface area (Å²) in [5.41, 5.74) is 3.84. The van der Waals surface area contributed by atoms with Crippen LogP contribution in [-0.4, -0.2) is 33.2 Å². The first kappa shape index (κ1) is 17.2. The van der Waals surface area contributed by atoms with Crippen molar-refractivity contribution >= 4 is 11.6 Å². The predicted molar refractivity (Wildman–Crippen MR) is 93.3 cm³/mol. The summed E-state index contributed by atoms with van der Waals surface area (Å²) in [7, 11) is 1.88. The second-order valence-electron chi connectivity index (χ2n) is 6.20. The molecule has 1 heterocycles. The average molecular weight is 314 g/mol. The highest BCUT2D eigenvalue weighted by atomic mass is 16.2. The molecule has 2 rings (SSSR count). The summed E-state index contributed by atoms with van der Waals surface area (Å²) in [5.74, 6) is -0.00571. The molecule has 23 heavy (non-hydrogen) atoms. The SMILES string of the molecule is Cc1nn(C)c(C)c1NC(=O)CN(Cc1ccccc1)C(C)C. The largest absolute Gasteiger partial charge is 0.322 e. The first-order chi connectivity index (χ1) is 10.9. The number of hydrogen-bond acceptors (Lipinski definition) is 3. The van der Waals surface area contributed by atoms with Crippen LogP contribution in [0.15, 0.2) is 30.3 Å². The average Bonchev–Trinajstić information content (AvgIpc) is 2.74. The minimum absolute atomic E-state index is 0.00571. The van der Waals surface area contributed by atoms with E-state index in [1.165, 1.54) is 5.56 Å². The summed E-state index contributed by atoms with van der Waals surface area (Å²) >= 11 is 0. The van der Waals surface area contributed by atoms with E-state index in [9.17, 15) is 4.79 Å². The Hall–Kier alpha value is -2.14. The normalized spacial score (nSPS) is 11.3. The summed E-state index contributed by atoms with van der Waals surface area (Å²) < 4.78 is 1.79. The Labute approximate surface area is 138 Å². The number of carbonyl (C=O) groups is 1. The number of rotatable bonds is 6. The first-order valence-electron chi connectivity index (χ1n) is 7.96. The Kier molecular flexibility index (Phi) is 5.55. The molecule has 0 bridgehead atoms. The molecule has 1 amide bonds. The van der Waals surface area contributed by atoms with Crippen LogP contribution < -0.4 is 5.32 Å². The second-order valence-corrected chi connectivity index (χ2v) is 6.20. The van der Waals surface area contributed by atoms with Crippen molar-refractivity contribution in [3.63, 3.8) is 0 Å². The zero-order valence-corrected chi connectivity index (χ0v) is 14.6. The van der Waals surface area contributed by atoms with Crippen molar-refractivity contribution in [2.45, 2.75) is 40.3 Å². The summed E-state index contributed by atoms with van der Waals surface area (Å²) in [6, 6.07) is 10.5. The fourth-order valence-corrected chi connectivity index (χ4v) is 2.56. The van der Waals surface area contributed by atoms with Crippen LogP contribution in [0, 0.1) is 13.8 Å². The number of hydrogen-bond donors (Lipinski definition) is 1. The van der Waals surface area contributed by atoms with E-state index in [1.54, 1.807) is 4.68 Å². The van der Waals surface area contributed by atoms with Crippen molar-refractivity contribution < 1.29 is 4.79 Å². The fourth-order valence-electron chi connectivity index (χ4n) is 2.56. The van der Waals surface area contributed by atoms with Gasteiger partial charge < -0.3 is 5.32 Å². The summed E-state index contributed by atoms with van der Waals surface area (Å²) in [4.78, 5) is 14.6. The first-order valence-corrected chi connectivity index (χ1v) is 7.96. The van der Waals surface area contributed by atoms with E-state index in [4.69, 9.17) is 0 Å². The van der Waals surface area contributed by atoms with Crippen molar-refractivity contribution in [1.29, 1.82) is 0 Å². The molecule has 1 aromatic carbocycles. The topological polar surface area (TPSA) is 50.2 Å². The van der Waals surface area contributed by atoms with Gasteiger partial charge >= 0.3 is 0 Å². The van der Waals surface area contributed by atoms with E-state index in [1.807, 2.05) is 39.1 Å². The zero-order chi connectivity index (χ0) is 17.0. The van der Waals surface area contributed by atoms with Crippen molar-refractivity contribution in [3.05, 3.63) is 47.3 Å². The van der Waals surface area contributed by atoms with Crippen molar-refractivity contribution in [1.82, 2.24) is 14.7 Å². The van der Waals surface area contributed by atoms with Gasteiger partial charge in [-0.25, -0.2) is 0 Å². The number of nitrogens with zero attached hydrogens (tertiary/aromatic N) is 3. The van der Waals surface area contributed by atoms with Crippen LogP contribution in [-0.2, 0) is 18.4 Å². The lowest BCUT2D eigenvalue weighted by Gasteiger charge is -2.26. The van der Waals surface area contributed by atoms with Gasteiger partial charge in [0.25, 0.3) is 0 Å². The standard InChI is InChI=1S/C18H26N4O/c1-13(2)22(11-16-9-7-6-8-10-16)12-17(23)19-18-14(3)20-21(5)15(18)4/h6-10,13H,11-12H2,1-5H3,(H,19,23). The van der Waals surface area contributed by atoms with Gasteiger partial charge in [-0.3, -0.25) is 14.4 Å². The smallest absolute Gasteiger partial charge is 0.238 e. The highest BCUT2D eigenvalue weighted by Gasteiger charge is 2.17. The lowest BCUT2D eigenvalue weighted by molar-refractivity contribution is -0.117. The molecule has 0 aliphatic heterocycles. The van der Waals surface area contributed by atoms with Crippen LogP contribution in [0.5, 0.6) is 0 Å². The second kappa shape index (κ2) is 7.42. The molecule has 1 N–H and O–H groups in total. The third-order valence-corrected chi connectivity index (χ3v) is 4.08. The molecule has 5 nitrogen and oxygen atoms in total. The van der Waals surface area contributed by atoms with Gasteiger partial charge in [0.15, 0.2) is 0 Å². The molecule has 0 saturated carbocycles. The number of aryl methyl sites for hydroxylation is 2. The molecule has 0 atom stereocenters. The van der Waals surface area contributed by atoms with Gasteiger partial charge in [0.1, 0.15) is 0 Å². The molecule has 0 unspecified atom stereocenters. The van der Waals surface area contributed by atoms with Gasteiger partial charge in [0.05, 0.1) is 23.6 Å². The highest BCUT2D eigenvalue weighted by molar-refractivity contribution is 5.93. The van der Waals surface area contributed by atoms with E-state index in [0.717, 1.165) is 23.6 Å². The Morgan fingerprint density at radius 1 is 1.26 bits per heavy atom. The predicted octanol–water partition coefficient (Wildman–Crippen LogP) is 2.89. The summed E-state index contributed by atoms with van der Waals surface area (Å²) in [6.45, 7) is 9.21. The van der Waals surface area contributed by atoms with E-state index in [0.29, 0.717) is 6.54 Å². The van der Waals surface area contributed by atoms with Crippen LogP contribution in [0.1, 0.15) is 30.8 Å². The Morgan fingerprint density at radius 2 is 1.91 bits per heavy atom. The monoisotopic (exact) mass is 314 g/mol. The molecular weight excluding hydrogens is 288 g/mol. The van der Waals surface area contributed by atoms with Crippen LogP contribution in [0.25, 0.3) is 0 Å². The van der Waals surface area contributed by atoms with Crippen LogP contribution in [0.2, 0.25) is 0 Å². The van der Waals surface area contributed by atoms with Crippen molar-refractivity contribution in [2.75, 3.05) is 11.9 Å². The molecule has 0 fully saturated rings. The zero-order valence-electron chi connectivity index (χ0n) is 14.6. The van der Waals surface area contributed by atoms with Gasteiger partial charge in [-0.1, -0.05) is 30.3 Å². The molecule has 1 aromatic heterocycles. The fraction of sp³-hybridized carbons (Fsp3) is 0.444. The van der Waals surface area contributed by atoms with Gasteiger partial charge in [0.2, 0.25) is 5.91 Å². The van der Waals surface area contributed by atoms with Crippen LogP contribution in [0.3, 0.4) is 0 Å². The Bertz CT molecular complexity index is 661. The van der Waals surface area contributed by atoms with Crippen LogP contribution in [0.4, 0.5) is 5.69 Å². The minimum Gasteiger partial charge on any atom is -0.322 e. The van der Waals surface area contributed by atoms with Crippen molar-refractivity contribution in [2.24, 2.45) is 7.05 Å². The Morgan fingerprint density at radius 3 is 2.43 bits per heavy atom. The number of nitrogens with one attached hydrogen (secondary N) is 1. The number of carbonyl (C=O) groups excluding carboxylic acids is 1. The molecule has 0 aliphatic carbocycles. The third kappa shape index (κ3) is 4.42. The molecule has 2 aromatic rings. The molecular formula is C18H26N4O. The maximum absolute atomic E-state index is 12.4. The Balaban J connectivity index is 2.03. The number of amides is 1. The lowest BCUT2D eigenvalue weighted by atomic mass is 10.2. The van der Waals surface area contributed by atoms with E-state index >= 15 is 0 Å². The summed E-state index contributed by atoms with van der Waals surface area (Å²) in [6.07, 6.45) is 0. The molecule has 0 saturated heterocycles. The number of anilines is 1. The molecule has 5 heteroatoms. The van der Waals surface area contributed by atoms with Gasteiger partial charge in [-0.05, 0) is 33.3 Å². The maximum Gasteiger partial charge on any atom is 0.238 e. The molecule has 0 radical (unpaired) electrons. The quantitative estimate of drug-likeness (QED) is 0.892. The third-order valence-electron chi connectivity index (χ3n) is 4.08. The van der Waals surface area contributed by atoms with E-state index in [-0.39, 0.29) is 11.9 Å². The van der Waals surface area contributed by atoms with Gasteiger partial charge in [-0.2, -0.15) is 5.10 Å². The van der Waals surface area contributed by atoms with Gasteiger partial charge in [-0.15, -0.1) is 0 Å². The maximum atomic E-state index is 12.4. The number of aromatic nitrogens is 2. The van der Waals surface area contributed by atoms with E-state index < -0.39 is 0 Å². The van der Waals surface area contributed by atoms with E-state index in [2.05, 4.69) is 41.3 Å². The molecule has 0 spiro atoms.